The van der Waals surface area contributed by atoms with Gasteiger partial charge in [-0.05, 0) is 6.07 Å². The molecule has 0 aliphatic carbocycles. The van der Waals surface area contributed by atoms with Gasteiger partial charge >= 0.3 is 5.69 Å². The minimum absolute atomic E-state index is 0.0434. The Morgan fingerprint density at radius 2 is 2.31 bits per heavy atom. The molecule has 0 aliphatic heterocycles. The Hall–Kier alpha value is -1.33. The molecule has 1 unspecified atom stereocenters. The number of aliphatic hydroxyl groups is 1. The zero-order valence-electron chi connectivity index (χ0n) is 8.72. The van der Waals surface area contributed by atoms with Crippen LogP contribution in [0.4, 0.5) is 5.69 Å². The van der Waals surface area contributed by atoms with Crippen LogP contribution in [0.15, 0.2) is 18.2 Å². The number of halogens is 1. The van der Waals surface area contributed by atoms with Gasteiger partial charge in [0.05, 0.1) is 16.6 Å². The summed E-state index contributed by atoms with van der Waals surface area (Å²) in [6.07, 6.45) is 0. The normalized spacial score (nSPS) is 12.2. The number of ether oxygens (including phenoxy) is 1. The smallest absolute Gasteiger partial charge is 0.312 e. The van der Waals surface area contributed by atoms with E-state index in [1.165, 1.54) is 18.2 Å². The van der Waals surface area contributed by atoms with Crippen LogP contribution >= 0.6 is 11.6 Å². The molecule has 6 heteroatoms. The van der Waals surface area contributed by atoms with Crippen molar-refractivity contribution in [2.45, 2.75) is 6.92 Å². The average Bonchev–Trinajstić information content (AvgIpc) is 2.26. The summed E-state index contributed by atoms with van der Waals surface area (Å²) >= 11 is 5.81. The molecule has 0 radical (unpaired) electrons. The van der Waals surface area contributed by atoms with E-state index < -0.39 is 4.92 Å². The molecule has 0 heterocycles. The summed E-state index contributed by atoms with van der Waals surface area (Å²) in [5.74, 6) is -0.0506. The first kappa shape index (κ1) is 12.7. The number of nitrogens with zero attached hydrogens (tertiary/aromatic N) is 1. The van der Waals surface area contributed by atoms with Gasteiger partial charge in [-0.3, -0.25) is 10.1 Å². The summed E-state index contributed by atoms with van der Waals surface area (Å²) < 4.78 is 5.25. The lowest BCUT2D eigenvalue weighted by atomic mass is 10.2. The molecule has 0 bridgehead atoms. The SMILES string of the molecule is CC(CO)COc1c(Cl)cccc1[N+](=O)[O-]. The molecule has 0 saturated heterocycles. The molecule has 0 spiro atoms. The summed E-state index contributed by atoms with van der Waals surface area (Å²) in [5.41, 5.74) is -0.169. The second-order valence-corrected chi connectivity index (χ2v) is 3.85. The Kier molecular flexibility index (Phi) is 4.52. The van der Waals surface area contributed by atoms with E-state index in [1.54, 1.807) is 6.92 Å². The van der Waals surface area contributed by atoms with Crippen LogP contribution in [-0.4, -0.2) is 23.2 Å². The molecule has 1 N–H and O–H groups in total. The molecule has 5 nitrogen and oxygen atoms in total. The monoisotopic (exact) mass is 245 g/mol. The summed E-state index contributed by atoms with van der Waals surface area (Å²) in [7, 11) is 0. The Morgan fingerprint density at radius 3 is 2.88 bits per heavy atom. The zero-order chi connectivity index (χ0) is 12.1. The molecule has 1 aromatic rings. The van der Waals surface area contributed by atoms with Crippen molar-refractivity contribution >= 4 is 17.3 Å². The average molecular weight is 246 g/mol. The van der Waals surface area contributed by atoms with Crippen LogP contribution in [0.1, 0.15) is 6.92 Å². The molecule has 0 aromatic heterocycles. The summed E-state index contributed by atoms with van der Waals surface area (Å²) in [6.45, 7) is 1.90. The Morgan fingerprint density at radius 1 is 1.62 bits per heavy atom. The van der Waals surface area contributed by atoms with Crippen molar-refractivity contribution in [3.63, 3.8) is 0 Å². The van der Waals surface area contributed by atoms with Crippen LogP contribution in [0, 0.1) is 16.0 Å². The maximum Gasteiger partial charge on any atom is 0.312 e. The van der Waals surface area contributed by atoms with E-state index in [0.717, 1.165) is 0 Å². The largest absolute Gasteiger partial charge is 0.485 e. The van der Waals surface area contributed by atoms with Crippen LogP contribution in [0.3, 0.4) is 0 Å². The van der Waals surface area contributed by atoms with E-state index in [2.05, 4.69) is 0 Å². The van der Waals surface area contributed by atoms with Crippen LogP contribution in [0.2, 0.25) is 5.02 Å². The quantitative estimate of drug-likeness (QED) is 0.638. The predicted molar refractivity (Wildman–Crippen MR) is 59.9 cm³/mol. The van der Waals surface area contributed by atoms with Crippen molar-refractivity contribution in [1.82, 2.24) is 0 Å². The number of hydrogen-bond acceptors (Lipinski definition) is 4. The third kappa shape index (κ3) is 3.08. The van der Waals surface area contributed by atoms with Crippen molar-refractivity contribution in [3.05, 3.63) is 33.3 Å². The summed E-state index contributed by atoms with van der Waals surface area (Å²) in [6, 6.07) is 4.33. The number of benzene rings is 1. The van der Waals surface area contributed by atoms with Gasteiger partial charge in [0.25, 0.3) is 0 Å². The highest BCUT2D eigenvalue weighted by Crippen LogP contribution is 2.34. The molecule has 16 heavy (non-hydrogen) atoms. The lowest BCUT2D eigenvalue weighted by molar-refractivity contribution is -0.385. The molecule has 1 atom stereocenters. The standard InChI is InChI=1S/C10H12ClNO4/c1-7(5-13)6-16-10-8(11)3-2-4-9(10)12(14)15/h2-4,7,13H,5-6H2,1H3. The maximum atomic E-state index is 10.7. The van der Waals surface area contributed by atoms with Crippen molar-refractivity contribution < 1.29 is 14.8 Å². The van der Waals surface area contributed by atoms with Crippen LogP contribution < -0.4 is 4.74 Å². The van der Waals surface area contributed by atoms with Gasteiger partial charge < -0.3 is 9.84 Å². The Balaban J connectivity index is 2.88. The Labute approximate surface area is 97.8 Å². The molecule has 0 aliphatic rings. The van der Waals surface area contributed by atoms with E-state index in [1.807, 2.05) is 0 Å². The summed E-state index contributed by atoms with van der Waals surface area (Å²) in [5, 5.41) is 19.7. The minimum atomic E-state index is -0.551. The van der Waals surface area contributed by atoms with E-state index in [9.17, 15) is 10.1 Å². The third-order valence-electron chi connectivity index (χ3n) is 1.97. The maximum absolute atomic E-state index is 10.7. The molecule has 1 aromatic carbocycles. The van der Waals surface area contributed by atoms with Crippen LogP contribution in [0.25, 0.3) is 0 Å². The number of para-hydroxylation sites is 1. The number of nitro benzene ring substituents is 1. The second kappa shape index (κ2) is 5.67. The fourth-order valence-corrected chi connectivity index (χ4v) is 1.29. The van der Waals surface area contributed by atoms with Crippen LogP contribution in [-0.2, 0) is 0 Å². The highest BCUT2D eigenvalue weighted by Gasteiger charge is 2.18. The van der Waals surface area contributed by atoms with Gasteiger partial charge in [-0.25, -0.2) is 0 Å². The molecule has 88 valence electrons. The topological polar surface area (TPSA) is 72.6 Å². The number of nitro groups is 1. The third-order valence-corrected chi connectivity index (χ3v) is 2.26. The van der Waals surface area contributed by atoms with E-state index in [-0.39, 0.29) is 35.6 Å². The number of aliphatic hydroxyl groups excluding tert-OH is 1. The highest BCUT2D eigenvalue weighted by atomic mass is 35.5. The van der Waals surface area contributed by atoms with Crippen molar-refractivity contribution in [2.75, 3.05) is 13.2 Å². The van der Waals surface area contributed by atoms with E-state index >= 15 is 0 Å². The molecule has 0 amide bonds. The van der Waals surface area contributed by atoms with Crippen LogP contribution in [0.5, 0.6) is 5.75 Å². The van der Waals surface area contributed by atoms with Gasteiger partial charge in [-0.1, -0.05) is 24.6 Å². The second-order valence-electron chi connectivity index (χ2n) is 3.44. The fourth-order valence-electron chi connectivity index (χ4n) is 1.06. The van der Waals surface area contributed by atoms with Crippen molar-refractivity contribution in [3.8, 4) is 5.75 Å². The number of rotatable bonds is 5. The number of hydrogen-bond donors (Lipinski definition) is 1. The molecule has 1 rings (SSSR count). The van der Waals surface area contributed by atoms with Crippen molar-refractivity contribution in [1.29, 1.82) is 0 Å². The molecule has 0 fully saturated rings. The fraction of sp³-hybridized carbons (Fsp3) is 0.400. The van der Waals surface area contributed by atoms with E-state index in [0.29, 0.717) is 0 Å². The first-order valence-corrected chi connectivity index (χ1v) is 5.10. The van der Waals surface area contributed by atoms with Gasteiger partial charge in [0, 0.05) is 18.6 Å². The molecule has 0 saturated carbocycles. The molecular formula is C10H12ClNO4. The van der Waals surface area contributed by atoms with Gasteiger partial charge in [0.1, 0.15) is 0 Å². The minimum Gasteiger partial charge on any atom is -0.485 e. The first-order chi connectivity index (χ1) is 7.56. The summed E-state index contributed by atoms with van der Waals surface area (Å²) in [4.78, 5) is 10.2. The highest BCUT2D eigenvalue weighted by molar-refractivity contribution is 6.32. The van der Waals surface area contributed by atoms with E-state index in [4.69, 9.17) is 21.4 Å². The Bertz CT molecular complexity index is 383. The molecular weight excluding hydrogens is 234 g/mol. The van der Waals surface area contributed by atoms with Gasteiger partial charge in [-0.15, -0.1) is 0 Å². The van der Waals surface area contributed by atoms with Gasteiger partial charge in [0.15, 0.2) is 0 Å². The predicted octanol–water partition coefficient (Wildman–Crippen LogP) is 2.26. The lowest BCUT2D eigenvalue weighted by Gasteiger charge is -2.11. The zero-order valence-corrected chi connectivity index (χ0v) is 9.48. The van der Waals surface area contributed by atoms with Gasteiger partial charge in [-0.2, -0.15) is 0 Å². The first-order valence-electron chi connectivity index (χ1n) is 4.72. The van der Waals surface area contributed by atoms with Crippen molar-refractivity contribution in [2.24, 2.45) is 5.92 Å². The lowest BCUT2D eigenvalue weighted by Crippen LogP contribution is -2.13. The van der Waals surface area contributed by atoms with Gasteiger partial charge in [0.2, 0.25) is 5.75 Å².